The van der Waals surface area contributed by atoms with Crippen molar-refractivity contribution in [3.63, 3.8) is 0 Å². The topological polar surface area (TPSA) is 104 Å². The van der Waals surface area contributed by atoms with E-state index in [1.807, 2.05) is 0 Å². The number of nitrogens with one attached hydrogen (secondary N) is 3. The normalized spacial score (nSPS) is 19.8. The highest BCUT2D eigenvalue weighted by atomic mass is 32.2. The van der Waals surface area contributed by atoms with Crippen LogP contribution < -0.4 is 15.4 Å². The fraction of sp³-hybridized carbons (Fsp3) is 0.125. The summed E-state index contributed by atoms with van der Waals surface area (Å²) < 4.78 is 53.3. The van der Waals surface area contributed by atoms with Gasteiger partial charge >= 0.3 is 6.03 Å². The second kappa shape index (κ2) is 6.06. The molecular weight excluding hydrogens is 368 g/mol. The van der Waals surface area contributed by atoms with E-state index < -0.39 is 44.0 Å². The Morgan fingerprint density at radius 3 is 2.23 bits per heavy atom. The Hall–Kier alpha value is -3.01. The number of benzene rings is 2. The summed E-state index contributed by atoms with van der Waals surface area (Å²) in [5.41, 5.74) is -0.750. The van der Waals surface area contributed by atoms with Crippen molar-refractivity contribution in [1.82, 2.24) is 10.6 Å². The Bertz CT molecular complexity index is 1010. The van der Waals surface area contributed by atoms with E-state index in [1.54, 1.807) is 0 Å². The molecule has 2 aromatic rings. The first-order valence-corrected chi connectivity index (χ1v) is 8.82. The first-order chi connectivity index (χ1) is 12.1. The summed E-state index contributed by atoms with van der Waals surface area (Å²) >= 11 is 0. The fourth-order valence-electron chi connectivity index (χ4n) is 2.52. The molecule has 1 heterocycles. The molecule has 136 valence electrons. The van der Waals surface area contributed by atoms with Crippen LogP contribution in [0.25, 0.3) is 0 Å². The Balaban J connectivity index is 1.85. The molecule has 1 aliphatic heterocycles. The van der Waals surface area contributed by atoms with E-state index in [4.69, 9.17) is 0 Å². The number of imide groups is 1. The average molecular weight is 381 g/mol. The third-order valence-electron chi connectivity index (χ3n) is 3.94. The van der Waals surface area contributed by atoms with Gasteiger partial charge in [0.25, 0.3) is 15.9 Å². The minimum atomic E-state index is -4.27. The van der Waals surface area contributed by atoms with Gasteiger partial charge in [-0.2, -0.15) is 0 Å². The fourth-order valence-corrected chi connectivity index (χ4v) is 3.64. The van der Waals surface area contributed by atoms with Gasteiger partial charge in [-0.15, -0.1) is 0 Å². The molecular formula is C16H13F2N3O4S. The van der Waals surface area contributed by atoms with Gasteiger partial charge in [0.1, 0.15) is 22.1 Å². The Kier molecular flexibility index (Phi) is 4.15. The van der Waals surface area contributed by atoms with Crippen LogP contribution in [-0.2, 0) is 20.4 Å². The van der Waals surface area contributed by atoms with Crippen LogP contribution in [-0.4, -0.2) is 20.4 Å². The number of sulfonamides is 1. The molecule has 3 N–H and O–H groups in total. The largest absolute Gasteiger partial charge is 0.322 e. The molecule has 3 rings (SSSR count). The smallest absolute Gasteiger partial charge is 0.320 e. The monoisotopic (exact) mass is 381 g/mol. The van der Waals surface area contributed by atoms with Gasteiger partial charge < -0.3 is 5.32 Å². The maximum atomic E-state index is 13.7. The highest BCUT2D eigenvalue weighted by molar-refractivity contribution is 7.92. The molecule has 0 radical (unpaired) electrons. The molecule has 10 heteroatoms. The van der Waals surface area contributed by atoms with Crippen molar-refractivity contribution in [2.75, 3.05) is 4.72 Å². The van der Waals surface area contributed by atoms with Crippen LogP contribution in [0.1, 0.15) is 12.5 Å². The van der Waals surface area contributed by atoms with Gasteiger partial charge in [-0.3, -0.25) is 14.8 Å². The predicted octanol–water partition coefficient (Wildman–Crippen LogP) is 1.82. The summed E-state index contributed by atoms with van der Waals surface area (Å²) in [5.74, 6) is -2.65. The lowest BCUT2D eigenvalue weighted by atomic mass is 9.92. The zero-order chi connectivity index (χ0) is 19.1. The van der Waals surface area contributed by atoms with E-state index in [1.165, 1.54) is 31.2 Å². The molecule has 26 heavy (non-hydrogen) atoms. The summed E-state index contributed by atoms with van der Waals surface area (Å²) in [6.45, 7) is 1.50. The summed E-state index contributed by atoms with van der Waals surface area (Å²) in [4.78, 5) is 22.5. The molecule has 1 unspecified atom stereocenters. The molecule has 1 aliphatic rings. The summed E-state index contributed by atoms with van der Waals surface area (Å²) in [5, 5.41) is 4.60. The number of rotatable bonds is 4. The van der Waals surface area contributed by atoms with Gasteiger partial charge in [-0.05, 0) is 36.8 Å². The molecule has 0 saturated carbocycles. The quantitative estimate of drug-likeness (QED) is 0.703. The van der Waals surface area contributed by atoms with Crippen LogP contribution in [0.5, 0.6) is 0 Å². The highest BCUT2D eigenvalue weighted by Crippen LogP contribution is 2.26. The minimum absolute atomic E-state index is 0.103. The Labute approximate surface area is 147 Å². The van der Waals surface area contributed by atoms with Crippen molar-refractivity contribution in [3.8, 4) is 0 Å². The van der Waals surface area contributed by atoms with Crippen LogP contribution in [0.4, 0.5) is 19.3 Å². The van der Waals surface area contributed by atoms with Crippen LogP contribution in [0.15, 0.2) is 47.4 Å². The van der Waals surface area contributed by atoms with E-state index >= 15 is 0 Å². The predicted molar refractivity (Wildman–Crippen MR) is 87.6 cm³/mol. The second-order valence-electron chi connectivity index (χ2n) is 5.79. The third-order valence-corrected chi connectivity index (χ3v) is 5.36. The number of halogens is 2. The summed E-state index contributed by atoms with van der Waals surface area (Å²) in [6.07, 6.45) is 0. The molecule has 0 aromatic heterocycles. The van der Waals surface area contributed by atoms with E-state index in [2.05, 4.69) is 15.4 Å². The molecule has 7 nitrogen and oxygen atoms in total. The van der Waals surface area contributed by atoms with E-state index in [-0.39, 0.29) is 5.69 Å². The Morgan fingerprint density at radius 2 is 1.69 bits per heavy atom. The van der Waals surface area contributed by atoms with Gasteiger partial charge in [0.05, 0.1) is 0 Å². The summed E-state index contributed by atoms with van der Waals surface area (Å²) in [7, 11) is -4.27. The maximum absolute atomic E-state index is 13.7. The summed E-state index contributed by atoms with van der Waals surface area (Å²) in [6, 6.07) is 7.11. The molecule has 3 amide bonds. The zero-order valence-electron chi connectivity index (χ0n) is 13.3. The van der Waals surface area contributed by atoms with Crippen molar-refractivity contribution >= 4 is 27.6 Å². The molecule has 1 fully saturated rings. The average Bonchev–Trinajstić information content (AvgIpc) is 2.80. The van der Waals surface area contributed by atoms with Crippen LogP contribution in [0, 0.1) is 11.6 Å². The first-order valence-electron chi connectivity index (χ1n) is 7.34. The minimum Gasteiger partial charge on any atom is -0.320 e. The van der Waals surface area contributed by atoms with Gasteiger partial charge in [-0.25, -0.2) is 22.0 Å². The Morgan fingerprint density at radius 1 is 1.04 bits per heavy atom. The van der Waals surface area contributed by atoms with Crippen molar-refractivity contribution in [2.45, 2.75) is 17.4 Å². The molecule has 1 saturated heterocycles. The van der Waals surface area contributed by atoms with Gasteiger partial charge in [0.15, 0.2) is 0 Å². The number of carbonyl (C=O) groups is 2. The number of amides is 3. The number of urea groups is 1. The molecule has 0 aliphatic carbocycles. The van der Waals surface area contributed by atoms with Crippen LogP contribution in [0.2, 0.25) is 0 Å². The van der Waals surface area contributed by atoms with Crippen LogP contribution in [0.3, 0.4) is 0 Å². The number of hydrogen-bond donors (Lipinski definition) is 3. The third kappa shape index (κ3) is 3.10. The van der Waals surface area contributed by atoms with Gasteiger partial charge in [-0.1, -0.05) is 12.1 Å². The maximum Gasteiger partial charge on any atom is 0.322 e. The first kappa shape index (κ1) is 17.8. The second-order valence-corrected chi connectivity index (χ2v) is 7.44. The number of hydrogen-bond acceptors (Lipinski definition) is 4. The molecule has 0 spiro atoms. The molecule has 2 aromatic carbocycles. The standard InChI is InChI=1S/C16H13F2N3O4S/c1-16(14(22)19-15(23)20-16)9-2-5-11(6-3-9)21-26(24,25)13-7-4-10(17)8-12(13)18/h2-8,21H,1H3,(H2,19,20,22,23). The zero-order valence-corrected chi connectivity index (χ0v) is 14.2. The lowest BCUT2D eigenvalue weighted by Crippen LogP contribution is -2.40. The van der Waals surface area contributed by atoms with Gasteiger partial charge in [0.2, 0.25) is 0 Å². The van der Waals surface area contributed by atoms with Crippen molar-refractivity contribution in [3.05, 3.63) is 59.7 Å². The van der Waals surface area contributed by atoms with Crippen molar-refractivity contribution in [1.29, 1.82) is 0 Å². The number of carbonyl (C=O) groups excluding carboxylic acids is 2. The van der Waals surface area contributed by atoms with Crippen molar-refractivity contribution < 1.29 is 26.8 Å². The van der Waals surface area contributed by atoms with Crippen LogP contribution >= 0.6 is 0 Å². The van der Waals surface area contributed by atoms with E-state index in [0.717, 1.165) is 12.1 Å². The molecule has 0 bridgehead atoms. The SMILES string of the molecule is CC1(c2ccc(NS(=O)(=O)c3ccc(F)cc3F)cc2)NC(=O)NC1=O. The van der Waals surface area contributed by atoms with E-state index in [9.17, 15) is 26.8 Å². The highest BCUT2D eigenvalue weighted by Gasteiger charge is 2.43. The van der Waals surface area contributed by atoms with Gasteiger partial charge in [0, 0.05) is 11.8 Å². The lowest BCUT2D eigenvalue weighted by Gasteiger charge is -2.21. The van der Waals surface area contributed by atoms with Crippen molar-refractivity contribution in [2.24, 2.45) is 0 Å². The molecule has 1 atom stereocenters. The van der Waals surface area contributed by atoms with E-state index in [0.29, 0.717) is 11.6 Å². The number of anilines is 1. The lowest BCUT2D eigenvalue weighted by molar-refractivity contribution is -0.123.